The summed E-state index contributed by atoms with van der Waals surface area (Å²) < 4.78 is 12.1. The number of cyclic esters (lactones) is 1. The van der Waals surface area contributed by atoms with E-state index in [9.17, 15) is 4.79 Å². The second-order valence-corrected chi connectivity index (χ2v) is 12.5. The lowest BCUT2D eigenvalue weighted by molar-refractivity contribution is -0.176. The number of rotatable bonds is 4. The molecule has 4 atom stereocenters. The standard InChI is InChI=1S/C16H32O3Si/c1-9-10-13-11(2)14(12(3)15(17)18-13)19-20(7,8)16(4,5)6/h11-14H,9-10H2,1-8H3/t11-,12-,13+,14-/m1/s1. The summed E-state index contributed by atoms with van der Waals surface area (Å²) in [6.45, 7) is 17.4. The van der Waals surface area contributed by atoms with Crippen LogP contribution in [0, 0.1) is 11.8 Å². The Labute approximate surface area is 125 Å². The van der Waals surface area contributed by atoms with Gasteiger partial charge in [-0.25, -0.2) is 0 Å². The molecule has 0 aliphatic carbocycles. The van der Waals surface area contributed by atoms with Crippen LogP contribution >= 0.6 is 0 Å². The van der Waals surface area contributed by atoms with Crippen LogP contribution in [0.3, 0.4) is 0 Å². The van der Waals surface area contributed by atoms with Crippen molar-refractivity contribution in [1.82, 2.24) is 0 Å². The SMILES string of the molecule is CCC[C@@H]1OC(=O)[C@H](C)[C@H](O[Si](C)(C)C(C)(C)C)[C@@H]1C. The first-order valence-corrected chi connectivity index (χ1v) is 10.8. The van der Waals surface area contributed by atoms with Crippen molar-refractivity contribution in [3.63, 3.8) is 0 Å². The molecule has 0 aromatic rings. The molecule has 1 heterocycles. The molecule has 0 saturated carbocycles. The quantitative estimate of drug-likeness (QED) is 0.571. The van der Waals surface area contributed by atoms with E-state index >= 15 is 0 Å². The molecule has 1 fully saturated rings. The highest BCUT2D eigenvalue weighted by molar-refractivity contribution is 6.74. The van der Waals surface area contributed by atoms with Gasteiger partial charge in [-0.15, -0.1) is 0 Å². The predicted molar refractivity (Wildman–Crippen MR) is 85.2 cm³/mol. The molecule has 1 aliphatic heterocycles. The van der Waals surface area contributed by atoms with Gasteiger partial charge in [-0.3, -0.25) is 4.79 Å². The number of esters is 1. The summed E-state index contributed by atoms with van der Waals surface area (Å²) in [7, 11) is -1.87. The van der Waals surface area contributed by atoms with Crippen LogP contribution in [0.5, 0.6) is 0 Å². The lowest BCUT2D eigenvalue weighted by atomic mass is 9.85. The van der Waals surface area contributed by atoms with Gasteiger partial charge in [0.25, 0.3) is 0 Å². The molecule has 1 saturated heterocycles. The third kappa shape index (κ3) is 3.64. The maximum absolute atomic E-state index is 12.1. The smallest absolute Gasteiger partial charge is 0.311 e. The Morgan fingerprint density at radius 1 is 1.25 bits per heavy atom. The minimum absolute atomic E-state index is 0.00584. The van der Waals surface area contributed by atoms with E-state index in [1.165, 1.54) is 0 Å². The van der Waals surface area contributed by atoms with Gasteiger partial charge < -0.3 is 9.16 Å². The zero-order chi connectivity index (χ0) is 15.7. The predicted octanol–water partition coefficient (Wildman–Crippen LogP) is 4.37. The average Bonchev–Trinajstić information content (AvgIpc) is 2.30. The van der Waals surface area contributed by atoms with Crippen molar-refractivity contribution in [3.8, 4) is 0 Å². The summed E-state index contributed by atoms with van der Waals surface area (Å²) in [5, 5.41) is 0.161. The van der Waals surface area contributed by atoms with Crippen molar-refractivity contribution in [2.75, 3.05) is 0 Å². The molecular formula is C16H32O3Si. The van der Waals surface area contributed by atoms with Crippen molar-refractivity contribution in [1.29, 1.82) is 0 Å². The van der Waals surface area contributed by atoms with E-state index in [1.807, 2.05) is 6.92 Å². The minimum atomic E-state index is -1.87. The molecule has 0 aromatic heterocycles. The largest absolute Gasteiger partial charge is 0.462 e. The lowest BCUT2D eigenvalue weighted by Crippen LogP contribution is -2.54. The van der Waals surface area contributed by atoms with Gasteiger partial charge in [0, 0.05) is 5.92 Å². The molecule has 0 amide bonds. The molecule has 0 N–H and O–H groups in total. The summed E-state index contributed by atoms with van der Waals surface area (Å²) in [4.78, 5) is 12.1. The lowest BCUT2D eigenvalue weighted by Gasteiger charge is -2.46. The number of carbonyl (C=O) groups excluding carboxylic acids is 1. The topological polar surface area (TPSA) is 35.5 Å². The molecule has 3 nitrogen and oxygen atoms in total. The van der Waals surface area contributed by atoms with Gasteiger partial charge in [0.1, 0.15) is 6.10 Å². The Morgan fingerprint density at radius 3 is 2.25 bits per heavy atom. The fourth-order valence-electron chi connectivity index (χ4n) is 2.50. The van der Waals surface area contributed by atoms with Crippen LogP contribution in [0.25, 0.3) is 0 Å². The van der Waals surface area contributed by atoms with Gasteiger partial charge in [-0.2, -0.15) is 0 Å². The fourth-order valence-corrected chi connectivity index (χ4v) is 3.95. The van der Waals surface area contributed by atoms with Crippen molar-refractivity contribution < 1.29 is 14.0 Å². The van der Waals surface area contributed by atoms with Gasteiger partial charge >= 0.3 is 5.97 Å². The van der Waals surface area contributed by atoms with E-state index in [1.54, 1.807) is 0 Å². The molecule has 4 heteroatoms. The number of hydrogen-bond acceptors (Lipinski definition) is 3. The number of ether oxygens (including phenoxy) is 1. The molecule has 1 aliphatic rings. The first kappa shape index (κ1) is 17.7. The zero-order valence-electron chi connectivity index (χ0n) is 14.4. The van der Waals surface area contributed by atoms with Crippen molar-refractivity contribution in [3.05, 3.63) is 0 Å². The molecular weight excluding hydrogens is 268 g/mol. The maximum atomic E-state index is 12.1. The van der Waals surface area contributed by atoms with E-state index < -0.39 is 8.32 Å². The van der Waals surface area contributed by atoms with Gasteiger partial charge in [-0.1, -0.05) is 41.0 Å². The summed E-state index contributed by atoms with van der Waals surface area (Å²) in [6.07, 6.45) is 1.97. The Hall–Kier alpha value is -0.353. The van der Waals surface area contributed by atoms with Crippen LogP contribution in [0.4, 0.5) is 0 Å². The Morgan fingerprint density at radius 2 is 1.80 bits per heavy atom. The summed E-state index contributed by atoms with van der Waals surface area (Å²) >= 11 is 0. The van der Waals surface area contributed by atoms with Crippen LogP contribution < -0.4 is 0 Å². The molecule has 20 heavy (non-hydrogen) atoms. The highest BCUT2D eigenvalue weighted by Crippen LogP contribution is 2.41. The van der Waals surface area contributed by atoms with Gasteiger partial charge in [0.2, 0.25) is 0 Å². The minimum Gasteiger partial charge on any atom is -0.462 e. The molecule has 0 spiro atoms. The summed E-state index contributed by atoms with van der Waals surface area (Å²) in [5.41, 5.74) is 0. The van der Waals surface area contributed by atoms with Crippen LogP contribution in [0.15, 0.2) is 0 Å². The highest BCUT2D eigenvalue weighted by atomic mass is 28.4. The summed E-state index contributed by atoms with van der Waals surface area (Å²) in [5.74, 6) is 0.0225. The van der Waals surface area contributed by atoms with Gasteiger partial charge in [0.15, 0.2) is 8.32 Å². The molecule has 118 valence electrons. The van der Waals surface area contributed by atoms with E-state index in [4.69, 9.17) is 9.16 Å². The van der Waals surface area contributed by atoms with Crippen LogP contribution in [-0.2, 0) is 14.0 Å². The maximum Gasteiger partial charge on any atom is 0.311 e. The van der Waals surface area contributed by atoms with Crippen LogP contribution in [0.1, 0.15) is 54.4 Å². The Bertz CT molecular complexity index is 346. The monoisotopic (exact) mass is 300 g/mol. The van der Waals surface area contributed by atoms with E-state index in [0.29, 0.717) is 0 Å². The van der Waals surface area contributed by atoms with Crippen molar-refractivity contribution in [2.45, 2.75) is 84.7 Å². The van der Waals surface area contributed by atoms with Gasteiger partial charge in [-0.05, 0) is 31.5 Å². The second-order valence-electron chi connectivity index (χ2n) is 7.75. The van der Waals surface area contributed by atoms with Crippen molar-refractivity contribution >= 4 is 14.3 Å². The van der Waals surface area contributed by atoms with E-state index in [-0.39, 0.29) is 35.1 Å². The molecule has 0 radical (unpaired) electrons. The second kappa shape index (κ2) is 6.18. The first-order chi connectivity index (χ1) is 9.01. The Kier molecular flexibility index (Phi) is 5.47. The molecule has 0 unspecified atom stereocenters. The first-order valence-electron chi connectivity index (χ1n) is 7.89. The number of carbonyl (C=O) groups is 1. The average molecular weight is 301 g/mol. The number of hydrogen-bond donors (Lipinski definition) is 0. The van der Waals surface area contributed by atoms with Crippen LogP contribution in [0.2, 0.25) is 18.1 Å². The molecule has 1 rings (SSSR count). The fraction of sp³-hybridized carbons (Fsp3) is 0.938. The summed E-state index contributed by atoms with van der Waals surface area (Å²) in [6, 6.07) is 0. The third-order valence-electron chi connectivity index (χ3n) is 5.05. The highest BCUT2D eigenvalue weighted by Gasteiger charge is 2.47. The Balaban J connectivity index is 2.92. The third-order valence-corrected chi connectivity index (χ3v) is 9.52. The normalized spacial score (nSPS) is 32.1. The van der Waals surface area contributed by atoms with Crippen molar-refractivity contribution in [2.24, 2.45) is 11.8 Å². The van der Waals surface area contributed by atoms with Gasteiger partial charge in [0.05, 0.1) is 12.0 Å². The van der Waals surface area contributed by atoms with Crippen LogP contribution in [-0.4, -0.2) is 26.5 Å². The molecule has 0 bridgehead atoms. The zero-order valence-corrected chi connectivity index (χ0v) is 15.4. The van der Waals surface area contributed by atoms with E-state index in [0.717, 1.165) is 12.8 Å². The van der Waals surface area contributed by atoms with E-state index in [2.05, 4.69) is 47.7 Å². The molecule has 0 aromatic carbocycles.